The smallest absolute Gasteiger partial charge is 0.0537 e. The monoisotopic (exact) mass is 277 g/mol. The lowest BCUT2D eigenvalue weighted by molar-refractivity contribution is 0.544. The lowest BCUT2D eigenvalue weighted by atomic mass is 10.1. The molecule has 0 aliphatic heterocycles. The third-order valence-corrected chi connectivity index (χ3v) is 3.69. The zero-order valence-corrected chi connectivity index (χ0v) is 12.4. The van der Waals surface area contributed by atoms with Gasteiger partial charge in [-0.25, -0.2) is 0 Å². The molecule has 2 aromatic rings. The van der Waals surface area contributed by atoms with Gasteiger partial charge in [0.1, 0.15) is 0 Å². The minimum atomic E-state index is 0.417. The van der Waals surface area contributed by atoms with Crippen LogP contribution in [0, 0.1) is 6.92 Å². The normalized spacial score (nSPS) is 12.6. The summed E-state index contributed by atoms with van der Waals surface area (Å²) in [6.07, 6.45) is 2.92. The SMILES string of the molecule is Cc1c(CNC(C)Cc2ccc(Cl)cc2)cnn1C. The van der Waals surface area contributed by atoms with Gasteiger partial charge in [-0.15, -0.1) is 0 Å². The standard InChI is InChI=1S/C15H20ClN3/c1-11(8-13-4-6-15(16)7-5-13)17-9-14-10-18-19(3)12(14)2/h4-7,10-11,17H,8-9H2,1-3H3. The molecule has 4 heteroatoms. The van der Waals surface area contributed by atoms with Crippen LogP contribution in [0.5, 0.6) is 0 Å². The molecule has 0 amide bonds. The first-order valence-corrected chi connectivity index (χ1v) is 6.89. The quantitative estimate of drug-likeness (QED) is 0.910. The highest BCUT2D eigenvalue weighted by atomic mass is 35.5. The van der Waals surface area contributed by atoms with Crippen molar-refractivity contribution in [2.24, 2.45) is 7.05 Å². The molecule has 19 heavy (non-hydrogen) atoms. The zero-order chi connectivity index (χ0) is 13.8. The molecule has 2 rings (SSSR count). The van der Waals surface area contributed by atoms with Gasteiger partial charge >= 0.3 is 0 Å². The van der Waals surface area contributed by atoms with Gasteiger partial charge in [0.25, 0.3) is 0 Å². The first-order chi connectivity index (χ1) is 9.06. The van der Waals surface area contributed by atoms with Gasteiger partial charge in [-0.1, -0.05) is 23.7 Å². The predicted molar refractivity (Wildman–Crippen MR) is 79.4 cm³/mol. The van der Waals surface area contributed by atoms with Crippen LogP contribution < -0.4 is 5.32 Å². The second kappa shape index (κ2) is 6.22. The molecule has 0 bridgehead atoms. The predicted octanol–water partition coefficient (Wildman–Crippen LogP) is 3.10. The number of halogens is 1. The van der Waals surface area contributed by atoms with Crippen molar-refractivity contribution in [3.8, 4) is 0 Å². The van der Waals surface area contributed by atoms with Crippen LogP contribution in [-0.2, 0) is 20.0 Å². The molecule has 0 spiro atoms. The van der Waals surface area contributed by atoms with Gasteiger partial charge in [-0.2, -0.15) is 5.10 Å². The van der Waals surface area contributed by atoms with E-state index in [9.17, 15) is 0 Å². The fraction of sp³-hybridized carbons (Fsp3) is 0.400. The summed E-state index contributed by atoms with van der Waals surface area (Å²) in [4.78, 5) is 0. The highest BCUT2D eigenvalue weighted by molar-refractivity contribution is 6.30. The Balaban J connectivity index is 1.86. The molecule has 1 unspecified atom stereocenters. The van der Waals surface area contributed by atoms with Crippen LogP contribution in [0.3, 0.4) is 0 Å². The van der Waals surface area contributed by atoms with Crippen molar-refractivity contribution in [1.29, 1.82) is 0 Å². The van der Waals surface area contributed by atoms with Crippen LogP contribution in [0.15, 0.2) is 30.5 Å². The number of hydrogen-bond donors (Lipinski definition) is 1. The first-order valence-electron chi connectivity index (χ1n) is 6.51. The number of hydrogen-bond acceptors (Lipinski definition) is 2. The Labute approximate surface area is 119 Å². The maximum atomic E-state index is 5.88. The molecular formula is C15H20ClN3. The highest BCUT2D eigenvalue weighted by Crippen LogP contribution is 2.11. The van der Waals surface area contributed by atoms with Crippen LogP contribution in [-0.4, -0.2) is 15.8 Å². The second-order valence-electron chi connectivity index (χ2n) is 4.99. The third kappa shape index (κ3) is 3.82. The molecule has 0 fully saturated rings. The molecule has 1 aromatic carbocycles. The van der Waals surface area contributed by atoms with E-state index in [0.717, 1.165) is 18.0 Å². The van der Waals surface area contributed by atoms with Crippen molar-refractivity contribution in [3.63, 3.8) is 0 Å². The lowest BCUT2D eigenvalue weighted by Gasteiger charge is -2.13. The van der Waals surface area contributed by atoms with Crippen LogP contribution in [0.4, 0.5) is 0 Å². The first kappa shape index (κ1) is 14.1. The van der Waals surface area contributed by atoms with Crippen molar-refractivity contribution in [1.82, 2.24) is 15.1 Å². The number of rotatable bonds is 5. The third-order valence-electron chi connectivity index (χ3n) is 3.43. The topological polar surface area (TPSA) is 29.9 Å². The Morgan fingerprint density at radius 2 is 2.00 bits per heavy atom. The Kier molecular flexibility index (Phi) is 4.61. The van der Waals surface area contributed by atoms with E-state index in [0.29, 0.717) is 6.04 Å². The molecule has 0 saturated heterocycles. The van der Waals surface area contributed by atoms with Crippen molar-refractivity contribution >= 4 is 11.6 Å². The number of nitrogens with zero attached hydrogens (tertiary/aromatic N) is 2. The number of aryl methyl sites for hydroxylation is 1. The lowest BCUT2D eigenvalue weighted by Crippen LogP contribution is -2.27. The molecule has 3 nitrogen and oxygen atoms in total. The molecule has 1 aromatic heterocycles. The van der Waals surface area contributed by atoms with E-state index < -0.39 is 0 Å². The summed E-state index contributed by atoms with van der Waals surface area (Å²) < 4.78 is 1.90. The van der Waals surface area contributed by atoms with Crippen molar-refractivity contribution in [2.45, 2.75) is 32.9 Å². The summed E-state index contributed by atoms with van der Waals surface area (Å²) in [5.74, 6) is 0. The summed E-state index contributed by atoms with van der Waals surface area (Å²) in [7, 11) is 1.97. The molecule has 1 N–H and O–H groups in total. The molecule has 0 saturated carbocycles. The van der Waals surface area contributed by atoms with E-state index in [4.69, 9.17) is 11.6 Å². The molecule has 0 aliphatic carbocycles. The van der Waals surface area contributed by atoms with Gasteiger partial charge < -0.3 is 5.32 Å². The van der Waals surface area contributed by atoms with Gasteiger partial charge in [-0.05, 0) is 38.0 Å². The van der Waals surface area contributed by atoms with E-state index >= 15 is 0 Å². The molecule has 0 aliphatic rings. The maximum Gasteiger partial charge on any atom is 0.0537 e. The summed E-state index contributed by atoms with van der Waals surface area (Å²) in [6, 6.07) is 8.45. The molecule has 102 valence electrons. The fourth-order valence-corrected chi connectivity index (χ4v) is 2.17. The van der Waals surface area contributed by atoms with Gasteiger partial charge in [0.2, 0.25) is 0 Å². The minimum absolute atomic E-state index is 0.417. The highest BCUT2D eigenvalue weighted by Gasteiger charge is 2.07. The molecule has 0 radical (unpaired) electrons. The van der Waals surface area contributed by atoms with Gasteiger partial charge in [0, 0.05) is 35.9 Å². The minimum Gasteiger partial charge on any atom is -0.310 e. The van der Waals surface area contributed by atoms with E-state index in [1.54, 1.807) is 0 Å². The Bertz CT molecular complexity index is 531. The van der Waals surface area contributed by atoms with Crippen molar-refractivity contribution in [2.75, 3.05) is 0 Å². The largest absolute Gasteiger partial charge is 0.310 e. The summed E-state index contributed by atoms with van der Waals surface area (Å²) in [5, 5.41) is 8.57. The Morgan fingerprint density at radius 1 is 1.32 bits per heavy atom. The summed E-state index contributed by atoms with van der Waals surface area (Å²) in [6.45, 7) is 5.14. The van der Waals surface area contributed by atoms with Gasteiger partial charge in [0.05, 0.1) is 6.20 Å². The average molecular weight is 278 g/mol. The Morgan fingerprint density at radius 3 is 2.58 bits per heavy atom. The van der Waals surface area contributed by atoms with Crippen molar-refractivity contribution in [3.05, 3.63) is 52.3 Å². The van der Waals surface area contributed by atoms with Gasteiger partial charge in [-0.3, -0.25) is 4.68 Å². The summed E-state index contributed by atoms with van der Waals surface area (Å²) in [5.41, 5.74) is 3.77. The van der Waals surface area contributed by atoms with E-state index in [-0.39, 0.29) is 0 Å². The number of benzene rings is 1. The van der Waals surface area contributed by atoms with Crippen LogP contribution >= 0.6 is 11.6 Å². The van der Waals surface area contributed by atoms with E-state index in [1.807, 2.05) is 30.1 Å². The van der Waals surface area contributed by atoms with E-state index in [1.165, 1.54) is 16.8 Å². The Hall–Kier alpha value is -1.32. The number of nitrogens with one attached hydrogen (secondary N) is 1. The van der Waals surface area contributed by atoms with Crippen LogP contribution in [0.1, 0.15) is 23.7 Å². The van der Waals surface area contributed by atoms with Gasteiger partial charge in [0.15, 0.2) is 0 Å². The summed E-state index contributed by atoms with van der Waals surface area (Å²) >= 11 is 5.88. The zero-order valence-electron chi connectivity index (χ0n) is 11.7. The molecular weight excluding hydrogens is 258 g/mol. The van der Waals surface area contributed by atoms with E-state index in [2.05, 4.69) is 36.4 Å². The van der Waals surface area contributed by atoms with Crippen LogP contribution in [0.2, 0.25) is 5.02 Å². The molecule has 1 atom stereocenters. The average Bonchev–Trinajstić information content (AvgIpc) is 2.70. The number of aromatic nitrogens is 2. The fourth-order valence-electron chi connectivity index (χ4n) is 2.05. The van der Waals surface area contributed by atoms with Crippen molar-refractivity contribution < 1.29 is 0 Å². The maximum absolute atomic E-state index is 5.88. The second-order valence-corrected chi connectivity index (χ2v) is 5.43. The molecule has 1 heterocycles. The van der Waals surface area contributed by atoms with Crippen LogP contribution in [0.25, 0.3) is 0 Å².